The quantitative estimate of drug-likeness (QED) is 0.766. The highest BCUT2D eigenvalue weighted by atomic mass is 19.1. The normalized spacial score (nSPS) is 10.5. The van der Waals surface area contributed by atoms with Crippen LogP contribution in [0.2, 0.25) is 0 Å². The van der Waals surface area contributed by atoms with E-state index in [-0.39, 0.29) is 12.4 Å². The lowest BCUT2D eigenvalue weighted by molar-refractivity contribution is 0.102. The van der Waals surface area contributed by atoms with Crippen molar-refractivity contribution in [1.29, 1.82) is 0 Å². The number of carbonyl (C=O) groups is 1. The van der Waals surface area contributed by atoms with Gasteiger partial charge < -0.3 is 14.6 Å². The van der Waals surface area contributed by atoms with Crippen LogP contribution < -0.4 is 10.1 Å². The van der Waals surface area contributed by atoms with Crippen LogP contribution in [0.1, 0.15) is 27.5 Å². The van der Waals surface area contributed by atoms with Gasteiger partial charge in [0.25, 0.3) is 5.91 Å². The summed E-state index contributed by atoms with van der Waals surface area (Å²) in [5.74, 6) is -0.489. The van der Waals surface area contributed by atoms with Crippen LogP contribution in [0.5, 0.6) is 5.75 Å². The third kappa shape index (κ3) is 3.82. The molecule has 0 atom stereocenters. The Bertz CT molecular complexity index is 874. The third-order valence-electron chi connectivity index (χ3n) is 3.55. The highest BCUT2D eigenvalue weighted by molar-refractivity contribution is 6.05. The molecule has 0 bridgehead atoms. The van der Waals surface area contributed by atoms with Gasteiger partial charge in [-0.3, -0.25) is 9.78 Å². The fraction of sp³-hybridized carbons (Fsp3) is 0.167. The molecular weight excluding hydrogens is 325 g/mol. The second-order valence-electron chi connectivity index (χ2n) is 5.41. The molecule has 0 aliphatic rings. The predicted octanol–water partition coefficient (Wildman–Crippen LogP) is 3.66. The van der Waals surface area contributed by atoms with Crippen molar-refractivity contribution in [3.8, 4) is 5.75 Å². The number of nitrogens with zero attached hydrogens (tertiary/aromatic N) is 2. The monoisotopic (exact) mass is 341 g/mol. The molecule has 0 radical (unpaired) electrons. The van der Waals surface area contributed by atoms with Gasteiger partial charge >= 0.3 is 0 Å². The summed E-state index contributed by atoms with van der Waals surface area (Å²) in [5, 5.41) is 6.35. The maximum absolute atomic E-state index is 14.2. The number of benzene rings is 1. The van der Waals surface area contributed by atoms with Crippen molar-refractivity contribution in [2.75, 3.05) is 5.32 Å². The van der Waals surface area contributed by atoms with Gasteiger partial charge in [-0.05, 0) is 38.1 Å². The predicted molar refractivity (Wildman–Crippen MR) is 88.9 cm³/mol. The molecular formula is C18H16FN3O3. The van der Waals surface area contributed by atoms with Crippen LogP contribution in [0.15, 0.2) is 47.1 Å². The number of hydrogen-bond acceptors (Lipinski definition) is 5. The maximum Gasteiger partial charge on any atom is 0.261 e. The second kappa shape index (κ2) is 7.12. The van der Waals surface area contributed by atoms with Gasteiger partial charge in [0.05, 0.1) is 11.4 Å². The molecule has 1 aromatic carbocycles. The largest absolute Gasteiger partial charge is 0.484 e. The fourth-order valence-corrected chi connectivity index (χ4v) is 2.33. The molecule has 0 aliphatic carbocycles. The summed E-state index contributed by atoms with van der Waals surface area (Å²) in [6.45, 7) is 3.47. The van der Waals surface area contributed by atoms with Gasteiger partial charge in [0, 0.05) is 18.0 Å². The molecule has 25 heavy (non-hydrogen) atoms. The Morgan fingerprint density at radius 2 is 2.12 bits per heavy atom. The van der Waals surface area contributed by atoms with Crippen LogP contribution in [0, 0.1) is 19.7 Å². The zero-order valence-corrected chi connectivity index (χ0v) is 13.7. The first kappa shape index (κ1) is 16.6. The fourth-order valence-electron chi connectivity index (χ4n) is 2.33. The van der Waals surface area contributed by atoms with E-state index in [4.69, 9.17) is 9.26 Å². The molecule has 1 N–H and O–H groups in total. The average molecular weight is 341 g/mol. The summed E-state index contributed by atoms with van der Waals surface area (Å²) >= 11 is 0. The molecule has 2 aromatic heterocycles. The zero-order chi connectivity index (χ0) is 17.8. The van der Waals surface area contributed by atoms with Gasteiger partial charge in [0.15, 0.2) is 11.6 Å². The Hall–Kier alpha value is -3.22. The van der Waals surface area contributed by atoms with Crippen LogP contribution in [-0.2, 0) is 6.61 Å². The van der Waals surface area contributed by atoms with Gasteiger partial charge in [-0.15, -0.1) is 0 Å². The third-order valence-corrected chi connectivity index (χ3v) is 3.55. The summed E-state index contributed by atoms with van der Waals surface area (Å²) in [7, 11) is 0. The smallest absolute Gasteiger partial charge is 0.261 e. The van der Waals surface area contributed by atoms with E-state index in [9.17, 15) is 9.18 Å². The number of aromatic nitrogens is 2. The number of nitrogens with one attached hydrogen (secondary N) is 1. The lowest BCUT2D eigenvalue weighted by atomic mass is 10.2. The standard InChI is InChI=1S/C18H16FN3O3/c1-11-17(12(2)25-22-11)18(23)21-13-6-7-16(15(19)9-13)24-10-14-5-3-4-8-20-14/h3-9H,10H2,1-2H3,(H,21,23). The van der Waals surface area contributed by atoms with E-state index in [1.807, 2.05) is 6.07 Å². The minimum Gasteiger partial charge on any atom is -0.484 e. The number of anilines is 1. The minimum atomic E-state index is -0.576. The summed E-state index contributed by atoms with van der Waals surface area (Å²) in [4.78, 5) is 16.4. The van der Waals surface area contributed by atoms with E-state index < -0.39 is 11.7 Å². The van der Waals surface area contributed by atoms with Gasteiger partial charge in [0.2, 0.25) is 0 Å². The number of amides is 1. The average Bonchev–Trinajstić information content (AvgIpc) is 2.94. The van der Waals surface area contributed by atoms with E-state index in [1.165, 1.54) is 12.1 Å². The van der Waals surface area contributed by atoms with E-state index in [1.54, 1.807) is 38.2 Å². The minimum absolute atomic E-state index is 0.0843. The first-order valence-electron chi connectivity index (χ1n) is 7.61. The van der Waals surface area contributed by atoms with E-state index in [0.717, 1.165) is 0 Å². The van der Waals surface area contributed by atoms with E-state index >= 15 is 0 Å². The molecule has 0 saturated carbocycles. The molecule has 3 rings (SSSR count). The highest BCUT2D eigenvalue weighted by Gasteiger charge is 2.18. The van der Waals surface area contributed by atoms with E-state index in [2.05, 4.69) is 15.5 Å². The highest BCUT2D eigenvalue weighted by Crippen LogP contribution is 2.23. The molecule has 2 heterocycles. The summed E-state index contributed by atoms with van der Waals surface area (Å²) in [6, 6.07) is 9.63. The van der Waals surface area contributed by atoms with Crippen LogP contribution >= 0.6 is 0 Å². The van der Waals surface area contributed by atoms with Crippen LogP contribution in [0.25, 0.3) is 0 Å². The van der Waals surface area contributed by atoms with Crippen molar-refractivity contribution >= 4 is 11.6 Å². The molecule has 6 nitrogen and oxygen atoms in total. The molecule has 0 unspecified atom stereocenters. The maximum atomic E-state index is 14.2. The Morgan fingerprint density at radius 3 is 2.76 bits per heavy atom. The molecule has 1 amide bonds. The molecule has 128 valence electrons. The number of pyridine rings is 1. The lowest BCUT2D eigenvalue weighted by Crippen LogP contribution is -2.13. The molecule has 0 fully saturated rings. The van der Waals surface area contributed by atoms with Gasteiger partial charge in [-0.2, -0.15) is 0 Å². The number of ether oxygens (including phenoxy) is 1. The van der Waals surface area contributed by atoms with Crippen molar-refractivity contribution in [2.24, 2.45) is 0 Å². The SMILES string of the molecule is Cc1noc(C)c1C(=O)Nc1ccc(OCc2ccccn2)c(F)c1. The van der Waals surface area contributed by atoms with Crippen molar-refractivity contribution < 1.29 is 18.4 Å². The lowest BCUT2D eigenvalue weighted by Gasteiger charge is -2.09. The zero-order valence-electron chi connectivity index (χ0n) is 13.7. The molecule has 3 aromatic rings. The topological polar surface area (TPSA) is 77.2 Å². The first-order chi connectivity index (χ1) is 12.0. The van der Waals surface area contributed by atoms with Crippen LogP contribution in [0.3, 0.4) is 0 Å². The Kier molecular flexibility index (Phi) is 4.74. The molecule has 0 saturated heterocycles. The number of hydrogen-bond donors (Lipinski definition) is 1. The Morgan fingerprint density at radius 1 is 1.28 bits per heavy atom. The van der Waals surface area contributed by atoms with E-state index in [0.29, 0.717) is 28.4 Å². The Labute approximate surface area is 143 Å². The first-order valence-corrected chi connectivity index (χ1v) is 7.61. The van der Waals surface area contributed by atoms with Gasteiger partial charge in [-0.25, -0.2) is 4.39 Å². The van der Waals surface area contributed by atoms with Gasteiger partial charge in [0.1, 0.15) is 17.9 Å². The van der Waals surface area contributed by atoms with Gasteiger partial charge in [-0.1, -0.05) is 11.2 Å². The Balaban J connectivity index is 1.68. The second-order valence-corrected chi connectivity index (χ2v) is 5.41. The number of rotatable bonds is 5. The molecule has 7 heteroatoms. The van der Waals surface area contributed by atoms with Crippen molar-refractivity contribution in [3.63, 3.8) is 0 Å². The summed E-state index contributed by atoms with van der Waals surface area (Å²) in [6.07, 6.45) is 1.64. The number of carbonyl (C=O) groups excluding carboxylic acids is 1. The summed E-state index contributed by atoms with van der Waals surface area (Å²) in [5.41, 5.74) is 1.83. The van der Waals surface area contributed by atoms with Crippen molar-refractivity contribution in [3.05, 3.63) is 71.1 Å². The van der Waals surface area contributed by atoms with Crippen molar-refractivity contribution in [2.45, 2.75) is 20.5 Å². The van der Waals surface area contributed by atoms with Crippen LogP contribution in [-0.4, -0.2) is 16.0 Å². The molecule has 0 spiro atoms. The number of aryl methyl sites for hydroxylation is 2. The molecule has 0 aliphatic heterocycles. The van der Waals surface area contributed by atoms with Crippen LogP contribution in [0.4, 0.5) is 10.1 Å². The van der Waals surface area contributed by atoms with Crippen molar-refractivity contribution in [1.82, 2.24) is 10.1 Å². The summed E-state index contributed by atoms with van der Waals surface area (Å²) < 4.78 is 24.6. The number of halogens is 1.